The van der Waals surface area contributed by atoms with Crippen LogP contribution in [-0.4, -0.2) is 64.9 Å². The number of carbonyl (C=O) groups excluding carboxylic acids is 1. The molecular formula is C24H25N7O4. The normalized spacial score (nSPS) is 17.4. The molecule has 0 aliphatic carbocycles. The number of carbonyl (C=O) groups is 2. The summed E-state index contributed by atoms with van der Waals surface area (Å²) in [6, 6.07) is 12.9. The molecule has 4 N–H and O–H groups in total. The molecule has 1 atom stereocenters. The van der Waals surface area contributed by atoms with Crippen molar-refractivity contribution < 1.29 is 19.4 Å². The van der Waals surface area contributed by atoms with E-state index in [1.807, 2.05) is 12.1 Å². The molecule has 2 aromatic carbocycles. The average molecular weight is 476 g/mol. The van der Waals surface area contributed by atoms with E-state index in [-0.39, 0.29) is 11.6 Å². The summed E-state index contributed by atoms with van der Waals surface area (Å²) in [5.41, 5.74) is 2.05. The monoisotopic (exact) mass is 475 g/mol. The molecule has 2 saturated heterocycles. The number of aromatic nitrogens is 3. The fraction of sp³-hybridized carbons (Fsp3) is 0.292. The van der Waals surface area contributed by atoms with Crippen molar-refractivity contribution in [2.24, 2.45) is 0 Å². The van der Waals surface area contributed by atoms with Crippen LogP contribution in [0.3, 0.4) is 0 Å². The number of benzene rings is 2. The lowest BCUT2D eigenvalue weighted by atomic mass is 10.1. The molecule has 0 bridgehead atoms. The van der Waals surface area contributed by atoms with Gasteiger partial charge in [0.25, 0.3) is 0 Å². The number of morpholine rings is 1. The zero-order valence-electron chi connectivity index (χ0n) is 18.9. The minimum atomic E-state index is -1.02. The second-order valence-corrected chi connectivity index (χ2v) is 8.25. The number of ether oxygens (including phenoxy) is 1. The van der Waals surface area contributed by atoms with E-state index >= 15 is 0 Å². The first-order chi connectivity index (χ1) is 17.0. The summed E-state index contributed by atoms with van der Waals surface area (Å²) in [5.74, 6) is 0.947. The molecule has 2 amide bonds. The Bertz CT molecular complexity index is 1210. The molecule has 11 nitrogen and oxygen atoms in total. The van der Waals surface area contributed by atoms with Crippen molar-refractivity contribution in [3.8, 4) is 11.4 Å². The van der Waals surface area contributed by atoms with Crippen LogP contribution in [0.15, 0.2) is 48.5 Å². The van der Waals surface area contributed by atoms with Crippen molar-refractivity contribution in [1.29, 1.82) is 0 Å². The van der Waals surface area contributed by atoms with Crippen LogP contribution in [0, 0.1) is 0 Å². The van der Waals surface area contributed by atoms with Gasteiger partial charge in [0.1, 0.15) is 0 Å². The molecule has 0 saturated carbocycles. The summed E-state index contributed by atoms with van der Waals surface area (Å²) in [6.45, 7) is 3.70. The maximum absolute atomic E-state index is 12.3. The Kier molecular flexibility index (Phi) is 6.51. The van der Waals surface area contributed by atoms with Crippen LogP contribution in [0.1, 0.15) is 28.6 Å². The molecule has 2 aliphatic heterocycles. The van der Waals surface area contributed by atoms with Crippen molar-refractivity contribution >= 4 is 29.3 Å². The minimum absolute atomic E-state index is 0.130. The predicted molar refractivity (Wildman–Crippen MR) is 130 cm³/mol. The number of hydrogen-bond acceptors (Lipinski definition) is 8. The Balaban J connectivity index is 1.29. The first-order valence-electron chi connectivity index (χ1n) is 11.4. The van der Waals surface area contributed by atoms with Gasteiger partial charge in [-0.05, 0) is 61.5 Å². The Morgan fingerprint density at radius 1 is 0.943 bits per heavy atom. The third-order valence-corrected chi connectivity index (χ3v) is 5.86. The second kappa shape index (κ2) is 10.0. The summed E-state index contributed by atoms with van der Waals surface area (Å²) in [4.78, 5) is 39.5. The number of carboxylic acid groups (broad SMARTS) is 1. The van der Waals surface area contributed by atoms with Crippen LogP contribution in [0.25, 0.3) is 11.4 Å². The minimum Gasteiger partial charge on any atom is -0.478 e. The predicted octanol–water partition coefficient (Wildman–Crippen LogP) is 2.75. The zero-order valence-corrected chi connectivity index (χ0v) is 18.9. The highest BCUT2D eigenvalue weighted by molar-refractivity contribution is 6.00. The first-order valence-corrected chi connectivity index (χ1v) is 11.4. The number of amides is 2. The van der Waals surface area contributed by atoms with Crippen LogP contribution in [0.4, 0.5) is 22.1 Å². The van der Waals surface area contributed by atoms with E-state index in [4.69, 9.17) is 24.8 Å². The largest absolute Gasteiger partial charge is 0.478 e. The number of carboxylic acids is 1. The third kappa shape index (κ3) is 5.36. The molecular weight excluding hydrogens is 450 g/mol. The van der Waals surface area contributed by atoms with Gasteiger partial charge in [-0.1, -0.05) is 0 Å². The number of urea groups is 1. The van der Waals surface area contributed by atoms with E-state index in [2.05, 4.69) is 20.9 Å². The molecule has 3 heterocycles. The molecule has 5 rings (SSSR count). The summed E-state index contributed by atoms with van der Waals surface area (Å²) in [6.07, 6.45) is 0.989. The van der Waals surface area contributed by atoms with Crippen molar-refractivity contribution in [3.05, 3.63) is 59.9 Å². The first kappa shape index (κ1) is 22.7. The van der Waals surface area contributed by atoms with Gasteiger partial charge in [0, 0.05) is 30.0 Å². The van der Waals surface area contributed by atoms with E-state index in [1.54, 1.807) is 12.1 Å². The van der Waals surface area contributed by atoms with Crippen LogP contribution in [0.2, 0.25) is 0 Å². The smallest absolute Gasteiger partial charge is 0.335 e. The molecule has 1 unspecified atom stereocenters. The summed E-state index contributed by atoms with van der Waals surface area (Å²) >= 11 is 0. The molecule has 1 aromatic heterocycles. The number of hydrogen-bond donors (Lipinski definition) is 4. The maximum atomic E-state index is 12.3. The van der Waals surface area contributed by atoms with Gasteiger partial charge >= 0.3 is 12.0 Å². The highest BCUT2D eigenvalue weighted by atomic mass is 16.5. The van der Waals surface area contributed by atoms with Crippen LogP contribution >= 0.6 is 0 Å². The van der Waals surface area contributed by atoms with Gasteiger partial charge in [-0.2, -0.15) is 9.97 Å². The maximum Gasteiger partial charge on any atom is 0.335 e. The van der Waals surface area contributed by atoms with Crippen LogP contribution in [-0.2, 0) is 4.74 Å². The average Bonchev–Trinajstić information content (AvgIpc) is 2.84. The second-order valence-electron chi connectivity index (χ2n) is 8.25. The quantitative estimate of drug-likeness (QED) is 0.423. The summed E-state index contributed by atoms with van der Waals surface area (Å²) < 4.78 is 5.45. The van der Waals surface area contributed by atoms with Crippen LogP contribution < -0.4 is 20.9 Å². The van der Waals surface area contributed by atoms with Crippen molar-refractivity contribution in [1.82, 2.24) is 20.3 Å². The molecule has 35 heavy (non-hydrogen) atoms. The number of rotatable bonds is 6. The van der Waals surface area contributed by atoms with Crippen molar-refractivity contribution in [2.75, 3.05) is 48.4 Å². The van der Waals surface area contributed by atoms with Gasteiger partial charge in [-0.15, -0.1) is 0 Å². The number of nitrogens with one attached hydrogen (secondary N) is 3. The molecule has 0 radical (unpaired) electrons. The molecule has 2 fully saturated rings. The van der Waals surface area contributed by atoms with E-state index in [9.17, 15) is 9.59 Å². The van der Waals surface area contributed by atoms with Crippen molar-refractivity contribution in [2.45, 2.75) is 12.5 Å². The summed E-state index contributed by atoms with van der Waals surface area (Å²) in [7, 11) is 0. The molecule has 11 heteroatoms. The van der Waals surface area contributed by atoms with Gasteiger partial charge in [-0.25, -0.2) is 14.6 Å². The van der Waals surface area contributed by atoms with Gasteiger partial charge in [0.05, 0.1) is 24.8 Å². The number of anilines is 3. The number of aromatic carboxylic acids is 1. The van der Waals surface area contributed by atoms with Gasteiger partial charge in [0.2, 0.25) is 5.95 Å². The van der Waals surface area contributed by atoms with E-state index in [0.717, 1.165) is 37.4 Å². The fourth-order valence-corrected chi connectivity index (χ4v) is 3.77. The fourth-order valence-electron chi connectivity index (χ4n) is 3.77. The van der Waals surface area contributed by atoms with Crippen molar-refractivity contribution in [3.63, 3.8) is 0 Å². The Labute approximate surface area is 201 Å². The molecule has 2 aliphatic rings. The highest BCUT2D eigenvalue weighted by Crippen LogP contribution is 2.26. The van der Waals surface area contributed by atoms with E-state index in [0.29, 0.717) is 36.4 Å². The highest BCUT2D eigenvalue weighted by Gasteiger charge is 2.25. The van der Waals surface area contributed by atoms with Crippen LogP contribution in [0.5, 0.6) is 0 Å². The number of nitrogens with zero attached hydrogens (tertiary/aromatic N) is 4. The van der Waals surface area contributed by atoms with Gasteiger partial charge in [0.15, 0.2) is 11.6 Å². The Morgan fingerprint density at radius 2 is 1.57 bits per heavy atom. The van der Waals surface area contributed by atoms with Gasteiger partial charge in [-0.3, -0.25) is 0 Å². The Morgan fingerprint density at radius 3 is 2.14 bits per heavy atom. The Hall–Kier alpha value is -4.09. The lowest BCUT2D eigenvalue weighted by Crippen LogP contribution is -2.39. The third-order valence-electron chi connectivity index (χ3n) is 5.86. The standard InChI is InChI=1S/C24H25N7O4/c32-22(33)16-3-7-18(8-4-16)27-24(34)26-17-5-1-15(2-6-17)20-28-21(19-9-10-25-19)30-23(29-20)31-11-13-35-14-12-31/h1-8,19,25H,9-14H2,(H,32,33)(H2,26,27,34). The SMILES string of the molecule is O=C(Nc1ccc(C(=O)O)cc1)Nc1ccc(-c2nc(C3CCN3)nc(N3CCOCC3)n2)cc1. The van der Waals surface area contributed by atoms with E-state index < -0.39 is 12.0 Å². The lowest BCUT2D eigenvalue weighted by Gasteiger charge is -2.30. The van der Waals surface area contributed by atoms with E-state index in [1.165, 1.54) is 24.3 Å². The lowest BCUT2D eigenvalue weighted by molar-refractivity contribution is 0.0697. The molecule has 3 aromatic rings. The molecule has 0 spiro atoms. The zero-order chi connectivity index (χ0) is 24.2. The molecule has 180 valence electrons. The van der Waals surface area contributed by atoms with Gasteiger partial charge < -0.3 is 30.7 Å². The summed E-state index contributed by atoms with van der Waals surface area (Å²) in [5, 5.41) is 17.8. The topological polar surface area (TPSA) is 142 Å².